The van der Waals surface area contributed by atoms with Gasteiger partial charge in [-0.15, -0.1) is 0 Å². The van der Waals surface area contributed by atoms with Crippen LogP contribution in [0.15, 0.2) is 72.1 Å². The second kappa shape index (κ2) is 10.9. The van der Waals surface area contributed by atoms with Crippen LogP contribution in [0.1, 0.15) is 24.0 Å². The number of amides is 2. The summed E-state index contributed by atoms with van der Waals surface area (Å²) in [5, 5.41) is 5.46. The van der Waals surface area contributed by atoms with Crippen molar-refractivity contribution in [3.05, 3.63) is 78.4 Å². The molecular weight excluding hydrogens is 430 g/mol. The molecule has 0 unspecified atom stereocenters. The average Bonchev–Trinajstić information content (AvgIpc) is 2.82. The smallest absolute Gasteiger partial charge is 0.407 e. The number of sulfonamides is 1. The molecule has 1 fully saturated rings. The first kappa shape index (κ1) is 23.5. The molecule has 9 heteroatoms. The van der Waals surface area contributed by atoms with Gasteiger partial charge in [-0.3, -0.25) is 4.79 Å². The second-order valence-corrected chi connectivity index (χ2v) is 9.39. The third-order valence-electron chi connectivity index (χ3n) is 5.20. The van der Waals surface area contributed by atoms with Crippen molar-refractivity contribution >= 4 is 22.0 Å². The Bertz CT molecular complexity index is 1030. The third kappa shape index (κ3) is 6.41. The Morgan fingerprint density at radius 2 is 1.69 bits per heavy atom. The average molecular weight is 458 g/mol. The van der Waals surface area contributed by atoms with E-state index in [2.05, 4.69) is 17.2 Å². The summed E-state index contributed by atoms with van der Waals surface area (Å²) >= 11 is 0. The minimum absolute atomic E-state index is 0.0537. The maximum absolute atomic E-state index is 12.9. The maximum atomic E-state index is 12.9. The quantitative estimate of drug-likeness (QED) is 0.593. The Balaban J connectivity index is 1.48. The van der Waals surface area contributed by atoms with E-state index in [9.17, 15) is 18.0 Å². The molecule has 0 saturated carbocycles. The van der Waals surface area contributed by atoms with Crippen LogP contribution in [0.2, 0.25) is 0 Å². The predicted octanol–water partition coefficient (Wildman–Crippen LogP) is 2.57. The molecule has 0 aromatic heterocycles. The van der Waals surface area contributed by atoms with Crippen LogP contribution in [0.4, 0.5) is 4.79 Å². The van der Waals surface area contributed by atoms with Crippen LogP contribution in [-0.4, -0.2) is 43.9 Å². The zero-order valence-electron chi connectivity index (χ0n) is 17.7. The molecule has 2 N–H and O–H groups in total. The van der Waals surface area contributed by atoms with E-state index >= 15 is 0 Å². The van der Waals surface area contributed by atoms with E-state index in [0.29, 0.717) is 25.9 Å². The number of carbonyl (C=O) groups is 2. The molecule has 0 radical (unpaired) electrons. The number of hydrogen-bond acceptors (Lipinski definition) is 5. The lowest BCUT2D eigenvalue weighted by atomic mass is 10.1. The van der Waals surface area contributed by atoms with Gasteiger partial charge < -0.3 is 15.4 Å². The van der Waals surface area contributed by atoms with Crippen molar-refractivity contribution in [2.75, 3.05) is 13.1 Å². The number of benzene rings is 2. The van der Waals surface area contributed by atoms with Crippen molar-refractivity contribution in [2.24, 2.45) is 0 Å². The molecule has 0 bridgehead atoms. The Labute approximate surface area is 188 Å². The third-order valence-corrected chi connectivity index (χ3v) is 7.11. The Hall–Kier alpha value is -3.17. The van der Waals surface area contributed by atoms with Crippen LogP contribution in [-0.2, 0) is 32.7 Å². The molecular formula is C23H27N3O5S. The molecule has 170 valence electrons. The summed E-state index contributed by atoms with van der Waals surface area (Å²) in [5.41, 5.74) is 1.65. The predicted molar refractivity (Wildman–Crippen MR) is 120 cm³/mol. The molecule has 0 spiro atoms. The Morgan fingerprint density at radius 3 is 2.31 bits per heavy atom. The Morgan fingerprint density at radius 1 is 1.03 bits per heavy atom. The van der Waals surface area contributed by atoms with E-state index < -0.39 is 16.1 Å². The van der Waals surface area contributed by atoms with Crippen molar-refractivity contribution in [1.29, 1.82) is 0 Å². The van der Waals surface area contributed by atoms with Gasteiger partial charge in [-0.2, -0.15) is 4.31 Å². The standard InChI is InChI=1S/C23H27N3O5S/c1-2-22(27)25-20-12-14-26(15-13-20)32(29,30)21-10-8-18(9-11-21)16-24-23(28)31-17-19-6-4-3-5-7-19/h2-11,20H,1,12-17H2,(H,24,28)(H,25,27). The summed E-state index contributed by atoms with van der Waals surface area (Å²) in [6.07, 6.45) is 1.76. The van der Waals surface area contributed by atoms with Crippen molar-refractivity contribution in [3.8, 4) is 0 Å². The number of piperidine rings is 1. The first-order valence-electron chi connectivity index (χ1n) is 10.3. The van der Waals surface area contributed by atoms with Gasteiger partial charge in [0, 0.05) is 25.7 Å². The van der Waals surface area contributed by atoms with Gasteiger partial charge in [0.1, 0.15) is 6.61 Å². The maximum Gasteiger partial charge on any atom is 0.407 e. The van der Waals surface area contributed by atoms with Crippen LogP contribution < -0.4 is 10.6 Å². The van der Waals surface area contributed by atoms with E-state index in [1.807, 2.05) is 30.3 Å². The molecule has 2 aromatic carbocycles. The fraction of sp³-hybridized carbons (Fsp3) is 0.304. The largest absolute Gasteiger partial charge is 0.445 e. The van der Waals surface area contributed by atoms with E-state index in [1.165, 1.54) is 22.5 Å². The van der Waals surface area contributed by atoms with Gasteiger partial charge >= 0.3 is 6.09 Å². The second-order valence-electron chi connectivity index (χ2n) is 7.45. The lowest BCUT2D eigenvalue weighted by Crippen LogP contribution is -2.46. The van der Waals surface area contributed by atoms with Crippen LogP contribution >= 0.6 is 0 Å². The summed E-state index contributed by atoms with van der Waals surface area (Å²) in [4.78, 5) is 23.5. The summed E-state index contributed by atoms with van der Waals surface area (Å²) in [6, 6.07) is 15.7. The number of nitrogens with zero attached hydrogens (tertiary/aromatic N) is 1. The van der Waals surface area contributed by atoms with Gasteiger partial charge in [0.25, 0.3) is 0 Å². The number of ether oxygens (including phenoxy) is 1. The molecule has 8 nitrogen and oxygen atoms in total. The minimum Gasteiger partial charge on any atom is -0.445 e. The SMILES string of the molecule is C=CC(=O)NC1CCN(S(=O)(=O)c2ccc(CNC(=O)OCc3ccccc3)cc2)CC1. The van der Waals surface area contributed by atoms with Gasteiger partial charge in [0.05, 0.1) is 4.90 Å². The van der Waals surface area contributed by atoms with Crippen LogP contribution in [0.5, 0.6) is 0 Å². The molecule has 0 atom stereocenters. The number of nitrogens with one attached hydrogen (secondary N) is 2. The van der Waals surface area contributed by atoms with E-state index in [0.717, 1.165) is 11.1 Å². The lowest BCUT2D eigenvalue weighted by molar-refractivity contribution is -0.117. The molecule has 2 amide bonds. The van der Waals surface area contributed by atoms with Crippen molar-refractivity contribution < 1.29 is 22.7 Å². The minimum atomic E-state index is -3.62. The van der Waals surface area contributed by atoms with Gasteiger partial charge in [-0.25, -0.2) is 13.2 Å². The number of carbonyl (C=O) groups excluding carboxylic acids is 2. The summed E-state index contributed by atoms with van der Waals surface area (Å²) in [5.74, 6) is -0.251. The lowest BCUT2D eigenvalue weighted by Gasteiger charge is -2.31. The first-order valence-corrected chi connectivity index (χ1v) is 11.8. The van der Waals surface area contributed by atoms with Crippen LogP contribution in [0, 0.1) is 0 Å². The van der Waals surface area contributed by atoms with Gasteiger partial charge in [-0.05, 0) is 42.2 Å². The molecule has 0 aliphatic carbocycles. The van der Waals surface area contributed by atoms with Gasteiger partial charge in [-0.1, -0.05) is 49.0 Å². The molecule has 1 aliphatic heterocycles. The highest BCUT2D eigenvalue weighted by atomic mass is 32.2. The van der Waals surface area contributed by atoms with Gasteiger partial charge in [0.2, 0.25) is 15.9 Å². The first-order chi connectivity index (χ1) is 15.4. The molecule has 32 heavy (non-hydrogen) atoms. The fourth-order valence-electron chi connectivity index (χ4n) is 3.38. The molecule has 1 saturated heterocycles. The van der Waals surface area contributed by atoms with E-state index in [1.54, 1.807) is 12.1 Å². The number of rotatable bonds is 8. The topological polar surface area (TPSA) is 105 Å². The normalized spacial score (nSPS) is 15.0. The number of alkyl carbamates (subject to hydrolysis) is 1. The summed E-state index contributed by atoms with van der Waals surface area (Å²) in [6.45, 7) is 4.49. The highest BCUT2D eigenvalue weighted by Gasteiger charge is 2.29. The fourth-order valence-corrected chi connectivity index (χ4v) is 4.85. The Kier molecular flexibility index (Phi) is 8.02. The monoisotopic (exact) mass is 457 g/mol. The van der Waals surface area contributed by atoms with Gasteiger partial charge in [0.15, 0.2) is 0 Å². The summed E-state index contributed by atoms with van der Waals surface area (Å²) < 4.78 is 32.4. The van der Waals surface area contributed by atoms with Crippen molar-refractivity contribution in [3.63, 3.8) is 0 Å². The highest BCUT2D eigenvalue weighted by molar-refractivity contribution is 7.89. The molecule has 1 aliphatic rings. The van der Waals surface area contributed by atoms with Crippen molar-refractivity contribution in [1.82, 2.24) is 14.9 Å². The van der Waals surface area contributed by atoms with Crippen LogP contribution in [0.3, 0.4) is 0 Å². The highest BCUT2D eigenvalue weighted by Crippen LogP contribution is 2.21. The molecule has 3 rings (SSSR count). The summed E-state index contributed by atoms with van der Waals surface area (Å²) in [7, 11) is -3.62. The number of hydrogen-bond donors (Lipinski definition) is 2. The van der Waals surface area contributed by atoms with Crippen molar-refractivity contribution in [2.45, 2.75) is 36.9 Å². The van der Waals surface area contributed by atoms with E-state index in [4.69, 9.17) is 4.74 Å². The zero-order valence-corrected chi connectivity index (χ0v) is 18.5. The molecule has 1 heterocycles. The van der Waals surface area contributed by atoms with Crippen LogP contribution in [0.25, 0.3) is 0 Å². The molecule has 2 aromatic rings. The van der Waals surface area contributed by atoms with E-state index in [-0.39, 0.29) is 30.0 Å². The zero-order chi connectivity index (χ0) is 23.0.